The van der Waals surface area contributed by atoms with Gasteiger partial charge >= 0.3 is 0 Å². The summed E-state index contributed by atoms with van der Waals surface area (Å²) in [7, 11) is 1.63. The van der Waals surface area contributed by atoms with Crippen molar-refractivity contribution in [2.24, 2.45) is 0 Å². The number of methoxy groups -OCH3 is 1. The van der Waals surface area contributed by atoms with Crippen LogP contribution in [0.25, 0.3) is 22.0 Å². The minimum absolute atomic E-state index is 0.627. The molecule has 0 radical (unpaired) electrons. The highest BCUT2D eigenvalue weighted by atomic mass is 79.9. The van der Waals surface area contributed by atoms with Crippen LogP contribution in [-0.4, -0.2) is 16.7 Å². The number of ether oxygens (including phenoxy) is 1. The van der Waals surface area contributed by atoms with Crippen LogP contribution < -0.4 is 4.74 Å². The van der Waals surface area contributed by atoms with Crippen LogP contribution >= 0.6 is 15.9 Å². The fourth-order valence-corrected chi connectivity index (χ4v) is 3.55. The first-order valence-electron chi connectivity index (χ1n) is 8.07. The van der Waals surface area contributed by atoms with E-state index in [2.05, 4.69) is 80.2 Å². The highest BCUT2D eigenvalue weighted by molar-refractivity contribution is 9.10. The lowest BCUT2D eigenvalue weighted by Crippen LogP contribution is -1.97. The number of pyridine rings is 1. The van der Waals surface area contributed by atoms with Crippen LogP contribution in [0.15, 0.2) is 77.5 Å². The second-order valence-electron chi connectivity index (χ2n) is 5.91. The minimum Gasteiger partial charge on any atom is -0.481 e. The molecule has 4 rings (SSSR count). The van der Waals surface area contributed by atoms with Crippen LogP contribution in [0, 0.1) is 0 Å². The number of para-hydroxylation sites is 1. The molecule has 0 fully saturated rings. The van der Waals surface area contributed by atoms with Gasteiger partial charge in [-0.2, -0.15) is 0 Å². The summed E-state index contributed by atoms with van der Waals surface area (Å²) in [4.78, 5) is 4.35. The van der Waals surface area contributed by atoms with Crippen molar-refractivity contribution in [3.63, 3.8) is 0 Å². The van der Waals surface area contributed by atoms with Gasteiger partial charge in [-0.15, -0.1) is 0 Å². The van der Waals surface area contributed by atoms with Gasteiger partial charge in [0.1, 0.15) is 0 Å². The number of halogens is 1. The van der Waals surface area contributed by atoms with E-state index in [1.165, 1.54) is 22.0 Å². The first-order chi connectivity index (χ1) is 12.2. The number of aromatic nitrogens is 2. The lowest BCUT2D eigenvalue weighted by atomic mass is 10.1. The molecule has 2 heterocycles. The van der Waals surface area contributed by atoms with E-state index in [1.54, 1.807) is 7.11 Å². The summed E-state index contributed by atoms with van der Waals surface area (Å²) in [5.41, 5.74) is 4.74. The normalized spacial score (nSPS) is 11.0. The number of rotatable bonds is 4. The van der Waals surface area contributed by atoms with Crippen molar-refractivity contribution in [2.75, 3.05) is 7.11 Å². The Morgan fingerprint density at radius 2 is 1.92 bits per heavy atom. The van der Waals surface area contributed by atoms with E-state index in [4.69, 9.17) is 4.74 Å². The smallest absolute Gasteiger partial charge is 0.212 e. The molecule has 0 amide bonds. The van der Waals surface area contributed by atoms with Crippen LogP contribution in [-0.2, 0) is 6.54 Å². The molecule has 0 aliphatic rings. The van der Waals surface area contributed by atoms with Crippen molar-refractivity contribution in [2.45, 2.75) is 6.54 Å². The molecule has 2 aromatic carbocycles. The SMILES string of the molecule is COc1ccc(-c2cn(Cc3cccc(Br)c3)c3ccccc23)cn1. The Morgan fingerprint density at radius 1 is 1.04 bits per heavy atom. The van der Waals surface area contributed by atoms with E-state index in [1.807, 2.05) is 18.3 Å². The van der Waals surface area contributed by atoms with Crippen LogP contribution in [0.1, 0.15) is 5.56 Å². The molecule has 124 valence electrons. The highest BCUT2D eigenvalue weighted by Gasteiger charge is 2.11. The average Bonchev–Trinajstić information content (AvgIpc) is 3.01. The molecule has 0 aliphatic heterocycles. The maximum atomic E-state index is 5.17. The molecule has 0 N–H and O–H groups in total. The third-order valence-corrected chi connectivity index (χ3v) is 4.78. The van der Waals surface area contributed by atoms with Crippen LogP contribution in [0.3, 0.4) is 0 Å². The zero-order chi connectivity index (χ0) is 17.2. The summed E-state index contributed by atoms with van der Waals surface area (Å²) < 4.78 is 8.55. The molecule has 0 bridgehead atoms. The second-order valence-corrected chi connectivity index (χ2v) is 6.82. The third kappa shape index (κ3) is 3.17. The maximum Gasteiger partial charge on any atom is 0.212 e. The van der Waals surface area contributed by atoms with E-state index in [9.17, 15) is 0 Å². The molecule has 0 atom stereocenters. The number of nitrogens with zero attached hydrogens (tertiary/aromatic N) is 2. The molecule has 0 unspecified atom stereocenters. The number of fused-ring (bicyclic) bond motifs is 1. The fourth-order valence-electron chi connectivity index (χ4n) is 3.10. The van der Waals surface area contributed by atoms with Gasteiger partial charge in [-0.3, -0.25) is 0 Å². The third-order valence-electron chi connectivity index (χ3n) is 4.29. The van der Waals surface area contributed by atoms with Crippen molar-refractivity contribution in [3.05, 3.63) is 83.1 Å². The molecule has 2 aromatic heterocycles. The lowest BCUT2D eigenvalue weighted by molar-refractivity contribution is 0.398. The molecular formula is C21H17BrN2O. The molecule has 4 heteroatoms. The average molecular weight is 393 g/mol. The summed E-state index contributed by atoms with van der Waals surface area (Å²) in [6, 6.07) is 20.8. The summed E-state index contributed by atoms with van der Waals surface area (Å²) in [6.07, 6.45) is 4.07. The molecule has 4 aromatic rings. The second kappa shape index (κ2) is 6.73. The Kier molecular flexibility index (Phi) is 4.28. The topological polar surface area (TPSA) is 27.1 Å². The van der Waals surface area contributed by atoms with Gasteiger partial charge in [0.15, 0.2) is 0 Å². The van der Waals surface area contributed by atoms with Gasteiger partial charge in [0.2, 0.25) is 5.88 Å². The van der Waals surface area contributed by atoms with Gasteiger partial charge in [-0.25, -0.2) is 4.98 Å². The molecule has 0 saturated carbocycles. The van der Waals surface area contributed by atoms with E-state index >= 15 is 0 Å². The molecule has 3 nitrogen and oxygen atoms in total. The van der Waals surface area contributed by atoms with E-state index in [0.717, 1.165) is 16.6 Å². The quantitative estimate of drug-likeness (QED) is 0.456. The predicted molar refractivity (Wildman–Crippen MR) is 105 cm³/mol. The van der Waals surface area contributed by atoms with Crippen molar-refractivity contribution < 1.29 is 4.74 Å². The van der Waals surface area contributed by atoms with Crippen molar-refractivity contribution in [1.29, 1.82) is 0 Å². The first-order valence-corrected chi connectivity index (χ1v) is 8.86. The van der Waals surface area contributed by atoms with Gasteiger partial charge in [0, 0.05) is 51.5 Å². The standard InChI is InChI=1S/C21H17BrN2O/c1-25-21-10-9-16(12-23-21)19-14-24(20-8-3-2-7-18(19)20)13-15-5-4-6-17(22)11-15/h2-12,14H,13H2,1H3. The van der Waals surface area contributed by atoms with Crippen LogP contribution in [0.5, 0.6) is 5.88 Å². The summed E-state index contributed by atoms with van der Waals surface area (Å²) >= 11 is 3.55. The molecule has 0 spiro atoms. The number of hydrogen-bond acceptors (Lipinski definition) is 2. The zero-order valence-corrected chi connectivity index (χ0v) is 15.4. The molecule has 25 heavy (non-hydrogen) atoms. The largest absolute Gasteiger partial charge is 0.481 e. The monoisotopic (exact) mass is 392 g/mol. The van der Waals surface area contributed by atoms with E-state index in [0.29, 0.717) is 5.88 Å². The molecular weight excluding hydrogens is 376 g/mol. The summed E-state index contributed by atoms with van der Waals surface area (Å²) in [5, 5.41) is 1.23. The Morgan fingerprint density at radius 3 is 2.68 bits per heavy atom. The lowest BCUT2D eigenvalue weighted by Gasteiger charge is -2.06. The van der Waals surface area contributed by atoms with Crippen LogP contribution in [0.4, 0.5) is 0 Å². The van der Waals surface area contributed by atoms with Gasteiger partial charge in [-0.05, 0) is 29.8 Å². The highest BCUT2D eigenvalue weighted by Crippen LogP contribution is 2.31. The Bertz CT molecular complexity index is 1020. The number of benzene rings is 2. The summed E-state index contributed by atoms with van der Waals surface area (Å²) in [6.45, 7) is 0.823. The van der Waals surface area contributed by atoms with E-state index in [-0.39, 0.29) is 0 Å². The zero-order valence-electron chi connectivity index (χ0n) is 13.8. The van der Waals surface area contributed by atoms with Gasteiger partial charge < -0.3 is 9.30 Å². The van der Waals surface area contributed by atoms with Crippen molar-refractivity contribution in [3.8, 4) is 17.0 Å². The fraction of sp³-hybridized carbons (Fsp3) is 0.0952. The number of hydrogen-bond donors (Lipinski definition) is 0. The van der Waals surface area contributed by atoms with Gasteiger partial charge in [-0.1, -0.05) is 46.3 Å². The molecule has 0 aliphatic carbocycles. The first kappa shape index (κ1) is 15.9. The minimum atomic E-state index is 0.627. The van der Waals surface area contributed by atoms with Gasteiger partial charge in [0.05, 0.1) is 7.11 Å². The van der Waals surface area contributed by atoms with Crippen LogP contribution in [0.2, 0.25) is 0 Å². The van der Waals surface area contributed by atoms with E-state index < -0.39 is 0 Å². The van der Waals surface area contributed by atoms with Gasteiger partial charge in [0.25, 0.3) is 0 Å². The predicted octanol–water partition coefficient (Wildman–Crippen LogP) is 5.52. The van der Waals surface area contributed by atoms with Crippen molar-refractivity contribution in [1.82, 2.24) is 9.55 Å². The Balaban J connectivity index is 1.80. The van der Waals surface area contributed by atoms with Crippen molar-refractivity contribution >= 4 is 26.8 Å². The Labute approximate surface area is 155 Å². The Hall–Kier alpha value is -2.59. The maximum absolute atomic E-state index is 5.17. The summed E-state index contributed by atoms with van der Waals surface area (Å²) in [5.74, 6) is 0.627. The molecule has 0 saturated heterocycles.